The molecule has 1 aromatic heterocycles. The Hall–Kier alpha value is -1.67. The van der Waals surface area contributed by atoms with Crippen molar-refractivity contribution in [2.45, 2.75) is 18.7 Å². The minimum Gasteiger partial charge on any atom is -0.373 e. The maximum absolute atomic E-state index is 11.9. The first-order valence-corrected chi connectivity index (χ1v) is 7.73. The zero-order valence-electron chi connectivity index (χ0n) is 11.8. The van der Waals surface area contributed by atoms with Crippen LogP contribution in [-0.2, 0) is 14.8 Å². The fourth-order valence-electron chi connectivity index (χ4n) is 1.31. The van der Waals surface area contributed by atoms with Gasteiger partial charge in [-0.05, 0) is 18.1 Å². The summed E-state index contributed by atoms with van der Waals surface area (Å²) in [7, 11) is -2.03. The lowest BCUT2D eigenvalue weighted by Crippen LogP contribution is -2.38. The van der Waals surface area contributed by atoms with E-state index in [1.807, 2.05) is 13.8 Å². The van der Waals surface area contributed by atoms with Crippen LogP contribution in [-0.4, -0.2) is 39.4 Å². The van der Waals surface area contributed by atoms with E-state index in [0.29, 0.717) is 18.3 Å². The summed E-state index contributed by atoms with van der Waals surface area (Å²) in [6.45, 7) is 4.14. The first-order valence-electron chi connectivity index (χ1n) is 6.25. The number of aromatic nitrogens is 1. The van der Waals surface area contributed by atoms with Crippen LogP contribution in [0.1, 0.15) is 13.8 Å². The number of hydrogen-bond acceptors (Lipinski definition) is 5. The number of pyridine rings is 1. The summed E-state index contributed by atoms with van der Waals surface area (Å²) >= 11 is 0. The Morgan fingerprint density at radius 3 is 2.55 bits per heavy atom. The van der Waals surface area contributed by atoms with Gasteiger partial charge < -0.3 is 10.6 Å². The third-order valence-electron chi connectivity index (χ3n) is 2.43. The summed E-state index contributed by atoms with van der Waals surface area (Å²) in [6, 6.07) is 2.97. The van der Waals surface area contributed by atoms with Gasteiger partial charge in [0.1, 0.15) is 10.7 Å². The lowest BCUT2D eigenvalue weighted by atomic mass is 10.2. The normalized spacial score (nSPS) is 11.4. The number of rotatable bonds is 7. The average molecular weight is 300 g/mol. The summed E-state index contributed by atoms with van der Waals surface area (Å²) < 4.78 is 26.1. The van der Waals surface area contributed by atoms with E-state index < -0.39 is 10.0 Å². The molecule has 0 atom stereocenters. The molecule has 0 aliphatic heterocycles. The molecule has 1 amide bonds. The molecule has 0 saturated heterocycles. The van der Waals surface area contributed by atoms with Gasteiger partial charge >= 0.3 is 0 Å². The third kappa shape index (κ3) is 5.14. The quantitative estimate of drug-likeness (QED) is 0.666. The molecule has 0 radical (unpaired) electrons. The Morgan fingerprint density at radius 1 is 1.35 bits per heavy atom. The van der Waals surface area contributed by atoms with Gasteiger partial charge in [-0.2, -0.15) is 0 Å². The SMILES string of the molecule is CNc1ccc(S(=O)(=O)NCC(=O)NCC(C)C)cn1. The minimum absolute atomic E-state index is 0.0214. The highest BCUT2D eigenvalue weighted by atomic mass is 32.2. The van der Waals surface area contributed by atoms with Gasteiger partial charge in [0.25, 0.3) is 0 Å². The molecule has 0 spiro atoms. The van der Waals surface area contributed by atoms with E-state index in [9.17, 15) is 13.2 Å². The smallest absolute Gasteiger partial charge is 0.242 e. The van der Waals surface area contributed by atoms with Crippen molar-refractivity contribution in [2.75, 3.05) is 25.5 Å². The standard InChI is InChI=1S/C12H20N4O3S/c1-9(2)6-15-12(17)8-16-20(18,19)10-4-5-11(13-3)14-7-10/h4-5,7,9,16H,6,8H2,1-3H3,(H,13,14)(H,15,17). The lowest BCUT2D eigenvalue weighted by molar-refractivity contribution is -0.120. The molecule has 0 bridgehead atoms. The first-order chi connectivity index (χ1) is 9.35. The summed E-state index contributed by atoms with van der Waals surface area (Å²) in [4.78, 5) is 15.4. The second kappa shape index (κ2) is 7.20. The number of hydrogen-bond donors (Lipinski definition) is 3. The van der Waals surface area contributed by atoms with Crippen LogP contribution in [0.25, 0.3) is 0 Å². The minimum atomic E-state index is -3.72. The Bertz CT molecular complexity index is 540. The first kappa shape index (κ1) is 16.4. The van der Waals surface area contributed by atoms with Crippen LogP contribution >= 0.6 is 0 Å². The maximum Gasteiger partial charge on any atom is 0.242 e. The van der Waals surface area contributed by atoms with Gasteiger partial charge in [0, 0.05) is 19.8 Å². The number of sulfonamides is 1. The van der Waals surface area contributed by atoms with Crippen molar-refractivity contribution in [1.82, 2.24) is 15.0 Å². The summed E-state index contributed by atoms with van der Waals surface area (Å²) in [5.41, 5.74) is 0. The molecule has 7 nitrogen and oxygen atoms in total. The van der Waals surface area contributed by atoms with Crippen molar-refractivity contribution in [3.05, 3.63) is 18.3 Å². The van der Waals surface area contributed by atoms with Gasteiger partial charge in [-0.15, -0.1) is 0 Å². The molecule has 1 heterocycles. The van der Waals surface area contributed by atoms with E-state index in [1.54, 1.807) is 13.1 Å². The zero-order chi connectivity index (χ0) is 15.2. The maximum atomic E-state index is 11.9. The van der Waals surface area contributed by atoms with E-state index in [-0.39, 0.29) is 17.3 Å². The zero-order valence-corrected chi connectivity index (χ0v) is 12.6. The van der Waals surface area contributed by atoms with Gasteiger partial charge in [-0.25, -0.2) is 18.1 Å². The Kier molecular flexibility index (Phi) is 5.90. The Balaban J connectivity index is 2.58. The highest BCUT2D eigenvalue weighted by Crippen LogP contribution is 2.09. The summed E-state index contributed by atoms with van der Waals surface area (Å²) in [5.74, 6) is 0.523. The van der Waals surface area contributed by atoms with E-state index in [0.717, 1.165) is 0 Å². The van der Waals surface area contributed by atoms with Crippen molar-refractivity contribution in [3.63, 3.8) is 0 Å². The molecular weight excluding hydrogens is 280 g/mol. The molecule has 3 N–H and O–H groups in total. The van der Waals surface area contributed by atoms with Crippen LogP contribution in [0, 0.1) is 5.92 Å². The lowest BCUT2D eigenvalue weighted by Gasteiger charge is -2.09. The van der Waals surface area contributed by atoms with Gasteiger partial charge in [0.05, 0.1) is 6.54 Å². The highest BCUT2D eigenvalue weighted by Gasteiger charge is 2.15. The number of carbonyl (C=O) groups excluding carboxylic acids is 1. The van der Waals surface area contributed by atoms with Gasteiger partial charge in [-0.3, -0.25) is 4.79 Å². The molecule has 0 fully saturated rings. The van der Waals surface area contributed by atoms with E-state index in [2.05, 4.69) is 20.3 Å². The van der Waals surface area contributed by atoms with E-state index in [1.165, 1.54) is 12.3 Å². The highest BCUT2D eigenvalue weighted by molar-refractivity contribution is 7.89. The van der Waals surface area contributed by atoms with Crippen LogP contribution in [0.2, 0.25) is 0 Å². The molecule has 0 saturated carbocycles. The van der Waals surface area contributed by atoms with Gasteiger partial charge in [0.2, 0.25) is 15.9 Å². The van der Waals surface area contributed by atoms with Crippen molar-refractivity contribution in [1.29, 1.82) is 0 Å². The molecule has 1 aromatic rings. The topological polar surface area (TPSA) is 100 Å². The van der Waals surface area contributed by atoms with Crippen molar-refractivity contribution in [2.24, 2.45) is 5.92 Å². The third-order valence-corrected chi connectivity index (χ3v) is 3.82. The predicted octanol–water partition coefficient (Wildman–Crippen LogP) is 0.174. The molecule has 0 aliphatic rings. The monoisotopic (exact) mass is 300 g/mol. The van der Waals surface area contributed by atoms with Crippen LogP contribution < -0.4 is 15.4 Å². The van der Waals surface area contributed by atoms with Crippen molar-refractivity contribution >= 4 is 21.7 Å². The second-order valence-corrected chi connectivity index (χ2v) is 6.42. The number of anilines is 1. The van der Waals surface area contributed by atoms with Crippen molar-refractivity contribution in [3.8, 4) is 0 Å². The van der Waals surface area contributed by atoms with Crippen LogP contribution in [0.4, 0.5) is 5.82 Å². The number of nitrogens with zero attached hydrogens (tertiary/aromatic N) is 1. The fraction of sp³-hybridized carbons (Fsp3) is 0.500. The average Bonchev–Trinajstić information content (AvgIpc) is 2.43. The molecule has 20 heavy (non-hydrogen) atoms. The van der Waals surface area contributed by atoms with Crippen LogP contribution in [0.3, 0.4) is 0 Å². The Morgan fingerprint density at radius 2 is 2.05 bits per heavy atom. The number of carbonyl (C=O) groups is 1. The van der Waals surface area contributed by atoms with Crippen molar-refractivity contribution < 1.29 is 13.2 Å². The fourth-order valence-corrected chi connectivity index (χ4v) is 2.24. The number of amides is 1. The largest absolute Gasteiger partial charge is 0.373 e. The van der Waals surface area contributed by atoms with Crippen LogP contribution in [0.15, 0.2) is 23.2 Å². The Labute approximate surface area is 119 Å². The molecule has 0 aromatic carbocycles. The second-order valence-electron chi connectivity index (χ2n) is 4.65. The van der Waals surface area contributed by atoms with Crippen LogP contribution in [0.5, 0.6) is 0 Å². The summed E-state index contributed by atoms with van der Waals surface area (Å²) in [6.07, 6.45) is 1.24. The molecule has 0 unspecified atom stereocenters. The molecule has 8 heteroatoms. The molecule has 112 valence electrons. The molecular formula is C12H20N4O3S. The molecule has 0 aliphatic carbocycles. The van der Waals surface area contributed by atoms with Gasteiger partial charge in [-0.1, -0.05) is 13.8 Å². The van der Waals surface area contributed by atoms with E-state index >= 15 is 0 Å². The van der Waals surface area contributed by atoms with E-state index in [4.69, 9.17) is 0 Å². The van der Waals surface area contributed by atoms with Gasteiger partial charge in [0.15, 0.2) is 0 Å². The number of nitrogens with one attached hydrogen (secondary N) is 3. The summed E-state index contributed by atoms with van der Waals surface area (Å²) in [5, 5.41) is 5.43. The molecule has 1 rings (SSSR count). The predicted molar refractivity (Wildman–Crippen MR) is 76.8 cm³/mol.